The van der Waals surface area contributed by atoms with Gasteiger partial charge in [0.2, 0.25) is 0 Å². The number of carbonyl (C=O) groups excluding carboxylic acids is 2. The van der Waals surface area contributed by atoms with Crippen molar-refractivity contribution in [2.75, 3.05) is 7.05 Å². The van der Waals surface area contributed by atoms with Gasteiger partial charge in [-0.1, -0.05) is 13.8 Å². The van der Waals surface area contributed by atoms with Crippen molar-refractivity contribution in [3.8, 4) is 0 Å². The predicted molar refractivity (Wildman–Crippen MR) is 86.6 cm³/mol. The summed E-state index contributed by atoms with van der Waals surface area (Å²) in [6, 6.07) is 0. The van der Waals surface area contributed by atoms with Crippen LogP contribution in [0.15, 0.2) is 0 Å². The van der Waals surface area contributed by atoms with Crippen molar-refractivity contribution in [2.45, 2.75) is 71.9 Å². The third-order valence-electron chi connectivity index (χ3n) is 6.24. The molecule has 3 rings (SSSR count). The molecule has 22 heavy (non-hydrogen) atoms. The lowest BCUT2D eigenvalue weighted by Crippen LogP contribution is -2.64. The molecule has 0 radical (unpaired) electrons. The largest absolute Gasteiger partial charge is 0.444 e. The summed E-state index contributed by atoms with van der Waals surface area (Å²) in [5.41, 5.74) is -1.07. The molecule has 0 aromatic carbocycles. The number of hydrogen-bond donors (Lipinski definition) is 0. The van der Waals surface area contributed by atoms with Gasteiger partial charge in [-0.25, -0.2) is 4.79 Å². The van der Waals surface area contributed by atoms with Crippen LogP contribution in [0.1, 0.15) is 60.8 Å². The molecule has 0 aromatic rings. The zero-order valence-electron chi connectivity index (χ0n) is 15.1. The molecule has 3 saturated carbocycles. The first kappa shape index (κ1) is 17.3. The van der Waals surface area contributed by atoms with Gasteiger partial charge in [0.15, 0.2) is 0 Å². The first-order valence-electron chi connectivity index (χ1n) is 8.36. The van der Waals surface area contributed by atoms with Crippen LogP contribution in [0.25, 0.3) is 0 Å². The highest BCUT2D eigenvalue weighted by molar-refractivity contribution is 5.76. The number of nitrogens with zero attached hydrogens (tertiary/aromatic N) is 1. The van der Waals surface area contributed by atoms with Crippen LogP contribution in [0.5, 0.6) is 0 Å². The lowest BCUT2D eigenvalue weighted by molar-refractivity contribution is -0.153. The van der Waals surface area contributed by atoms with Crippen molar-refractivity contribution in [3.63, 3.8) is 0 Å². The van der Waals surface area contributed by atoms with Crippen LogP contribution in [0.4, 0.5) is 4.79 Å². The standard InChI is InChI=1S/C18H31NO3/c1-16(2,3)22-15(21)19(7)18(6,11-20)13-9-8-12-10-14(13)17(12,4)5/h11-14H,8-10H2,1-7H3/t12-,13?,14-,18?/m0/s1. The molecule has 0 heterocycles. The van der Waals surface area contributed by atoms with Gasteiger partial charge in [0, 0.05) is 7.05 Å². The smallest absolute Gasteiger partial charge is 0.410 e. The molecule has 4 nitrogen and oxygen atoms in total. The van der Waals surface area contributed by atoms with Crippen molar-refractivity contribution in [1.82, 2.24) is 4.90 Å². The van der Waals surface area contributed by atoms with Crippen LogP contribution in [0.3, 0.4) is 0 Å². The normalized spacial score (nSPS) is 32.4. The van der Waals surface area contributed by atoms with E-state index in [-0.39, 0.29) is 11.3 Å². The number of rotatable bonds is 3. The van der Waals surface area contributed by atoms with Crippen LogP contribution in [0, 0.1) is 23.2 Å². The quantitative estimate of drug-likeness (QED) is 0.743. The van der Waals surface area contributed by atoms with Crippen LogP contribution >= 0.6 is 0 Å². The molecule has 0 N–H and O–H groups in total. The number of hydrogen-bond acceptors (Lipinski definition) is 3. The molecule has 4 atom stereocenters. The highest BCUT2D eigenvalue weighted by Gasteiger charge is 2.59. The maximum Gasteiger partial charge on any atom is 0.410 e. The Morgan fingerprint density at radius 3 is 2.23 bits per heavy atom. The fourth-order valence-electron chi connectivity index (χ4n) is 4.45. The van der Waals surface area contributed by atoms with Gasteiger partial charge in [-0.3, -0.25) is 4.90 Å². The summed E-state index contributed by atoms with van der Waals surface area (Å²) in [5.74, 6) is 1.49. The van der Waals surface area contributed by atoms with Crippen molar-refractivity contribution in [2.24, 2.45) is 23.2 Å². The lowest BCUT2D eigenvalue weighted by atomic mass is 9.43. The van der Waals surface area contributed by atoms with E-state index >= 15 is 0 Å². The topological polar surface area (TPSA) is 46.6 Å². The van der Waals surface area contributed by atoms with E-state index in [0.717, 1.165) is 25.0 Å². The number of ether oxygens (including phenoxy) is 1. The Kier molecular flexibility index (Phi) is 4.12. The minimum Gasteiger partial charge on any atom is -0.444 e. The van der Waals surface area contributed by atoms with Gasteiger partial charge < -0.3 is 9.53 Å². The van der Waals surface area contributed by atoms with E-state index in [1.807, 2.05) is 27.7 Å². The van der Waals surface area contributed by atoms with Crippen molar-refractivity contribution >= 4 is 12.4 Å². The number of amides is 1. The van der Waals surface area contributed by atoms with E-state index in [4.69, 9.17) is 4.74 Å². The van der Waals surface area contributed by atoms with E-state index in [2.05, 4.69) is 13.8 Å². The van der Waals surface area contributed by atoms with Gasteiger partial charge in [-0.15, -0.1) is 0 Å². The van der Waals surface area contributed by atoms with Crippen molar-refractivity contribution in [3.05, 3.63) is 0 Å². The summed E-state index contributed by atoms with van der Waals surface area (Å²) in [6.07, 6.45) is 3.89. The molecular formula is C18H31NO3. The second-order valence-electron chi connectivity index (χ2n) is 8.93. The number of carbonyl (C=O) groups is 2. The fourth-order valence-corrected chi connectivity index (χ4v) is 4.45. The summed E-state index contributed by atoms with van der Waals surface area (Å²) in [7, 11) is 1.69. The van der Waals surface area contributed by atoms with Crippen LogP contribution in [0.2, 0.25) is 0 Å². The van der Waals surface area contributed by atoms with E-state index in [1.54, 1.807) is 7.05 Å². The van der Waals surface area contributed by atoms with Gasteiger partial charge >= 0.3 is 6.09 Å². The molecular weight excluding hydrogens is 278 g/mol. The average Bonchev–Trinajstić information content (AvgIpc) is 2.43. The molecule has 3 aliphatic carbocycles. The minimum absolute atomic E-state index is 0.211. The van der Waals surface area contributed by atoms with Gasteiger partial charge in [0.25, 0.3) is 0 Å². The monoisotopic (exact) mass is 309 g/mol. The zero-order chi connectivity index (χ0) is 16.9. The zero-order valence-corrected chi connectivity index (χ0v) is 15.1. The number of fused-ring (bicyclic) bond motifs is 2. The Balaban J connectivity index is 2.21. The van der Waals surface area contributed by atoms with Gasteiger partial charge in [-0.2, -0.15) is 0 Å². The van der Waals surface area contributed by atoms with Gasteiger partial charge in [0.05, 0.1) is 0 Å². The van der Waals surface area contributed by atoms with Gasteiger partial charge in [-0.05, 0) is 70.1 Å². The highest BCUT2D eigenvalue weighted by atomic mass is 16.6. The van der Waals surface area contributed by atoms with E-state index < -0.39 is 17.2 Å². The third-order valence-corrected chi connectivity index (χ3v) is 6.24. The summed E-state index contributed by atoms with van der Waals surface area (Å²) in [6.45, 7) is 12.0. The Bertz CT molecular complexity index is 463. The SMILES string of the molecule is CN(C(=O)OC(C)(C)C)C(C)(C=O)C1CC[C@H]2C[C@@H]1C2(C)C. The predicted octanol–water partition coefficient (Wildman–Crippen LogP) is 3.88. The van der Waals surface area contributed by atoms with Crippen LogP contribution < -0.4 is 0 Å². The molecule has 4 heteroatoms. The number of likely N-dealkylation sites (N-methyl/N-ethyl adjacent to an activating group) is 1. The number of aldehydes is 1. The molecule has 126 valence electrons. The Morgan fingerprint density at radius 1 is 1.23 bits per heavy atom. The molecule has 0 spiro atoms. The summed E-state index contributed by atoms with van der Waals surface area (Å²) < 4.78 is 5.47. The van der Waals surface area contributed by atoms with Crippen LogP contribution in [-0.2, 0) is 9.53 Å². The summed E-state index contributed by atoms with van der Waals surface area (Å²) in [5, 5.41) is 0. The molecule has 0 aromatic heterocycles. The minimum atomic E-state index is -0.796. The Labute approximate surface area is 134 Å². The Hall–Kier alpha value is -1.06. The molecule has 3 aliphatic rings. The second-order valence-corrected chi connectivity index (χ2v) is 8.93. The van der Waals surface area contributed by atoms with Crippen molar-refractivity contribution in [1.29, 1.82) is 0 Å². The molecule has 2 bridgehead atoms. The highest BCUT2D eigenvalue weighted by Crippen LogP contribution is 2.63. The van der Waals surface area contributed by atoms with Gasteiger partial charge in [0.1, 0.15) is 17.4 Å². The fraction of sp³-hybridized carbons (Fsp3) is 0.889. The maximum atomic E-state index is 12.4. The van der Waals surface area contributed by atoms with E-state index in [0.29, 0.717) is 5.92 Å². The molecule has 0 aliphatic heterocycles. The summed E-state index contributed by atoms with van der Waals surface area (Å²) >= 11 is 0. The first-order valence-corrected chi connectivity index (χ1v) is 8.36. The van der Waals surface area contributed by atoms with Crippen molar-refractivity contribution < 1.29 is 14.3 Å². The molecule has 0 saturated heterocycles. The van der Waals surface area contributed by atoms with E-state index in [1.165, 1.54) is 11.3 Å². The Morgan fingerprint density at radius 2 is 1.82 bits per heavy atom. The van der Waals surface area contributed by atoms with E-state index in [9.17, 15) is 9.59 Å². The first-order chi connectivity index (χ1) is 9.93. The average molecular weight is 309 g/mol. The third kappa shape index (κ3) is 2.65. The van der Waals surface area contributed by atoms with Crippen LogP contribution in [-0.4, -0.2) is 35.5 Å². The maximum absolute atomic E-state index is 12.4. The lowest BCUT2D eigenvalue weighted by Gasteiger charge is -2.63. The summed E-state index contributed by atoms with van der Waals surface area (Å²) in [4.78, 5) is 25.9. The molecule has 1 amide bonds. The molecule has 3 fully saturated rings. The molecule has 2 unspecified atom stereocenters. The second kappa shape index (κ2) is 5.24.